The molecule has 0 radical (unpaired) electrons. The van der Waals surface area contributed by atoms with Gasteiger partial charge in [-0.2, -0.15) is 5.10 Å². The first-order chi connectivity index (χ1) is 24.9. The molecule has 1 N–H and O–H groups in total. The van der Waals surface area contributed by atoms with Crippen molar-refractivity contribution in [2.24, 2.45) is 13.0 Å². The van der Waals surface area contributed by atoms with Crippen LogP contribution in [-0.2, 0) is 23.1 Å². The number of amides is 3. The van der Waals surface area contributed by atoms with Crippen LogP contribution in [0.1, 0.15) is 40.7 Å². The Bertz CT molecular complexity index is 1940. The van der Waals surface area contributed by atoms with Crippen molar-refractivity contribution in [3.8, 4) is 22.4 Å². The molecule has 1 unspecified atom stereocenters. The summed E-state index contributed by atoms with van der Waals surface area (Å²) < 4.78 is 38.7. The molecule has 278 valence electrons. The number of benzene rings is 2. The van der Waals surface area contributed by atoms with Crippen LogP contribution in [-0.4, -0.2) is 112 Å². The van der Waals surface area contributed by atoms with Crippen LogP contribution < -0.4 is 5.32 Å². The van der Waals surface area contributed by atoms with Gasteiger partial charge < -0.3 is 29.3 Å². The van der Waals surface area contributed by atoms with Gasteiger partial charge in [-0.15, -0.1) is 0 Å². The number of aromatic nitrogens is 4. The van der Waals surface area contributed by atoms with Gasteiger partial charge in [0.1, 0.15) is 5.15 Å². The van der Waals surface area contributed by atoms with E-state index in [2.05, 4.69) is 20.3 Å². The fourth-order valence-electron chi connectivity index (χ4n) is 6.14. The summed E-state index contributed by atoms with van der Waals surface area (Å²) in [4.78, 5) is 49.4. The highest BCUT2D eigenvalue weighted by atomic mass is 35.5. The zero-order chi connectivity index (χ0) is 37.7. The summed E-state index contributed by atoms with van der Waals surface area (Å²) in [6.45, 7) is 5.17. The Labute approximate surface area is 311 Å². The van der Waals surface area contributed by atoms with Gasteiger partial charge in [-0.1, -0.05) is 36.2 Å². The number of hydrogen-bond donors (Lipinski definition) is 1. The van der Waals surface area contributed by atoms with E-state index in [0.717, 1.165) is 19.4 Å². The Morgan fingerprint density at radius 2 is 1.65 bits per heavy atom. The van der Waals surface area contributed by atoms with Gasteiger partial charge >= 0.3 is 0 Å². The molecule has 1 saturated heterocycles. The molecule has 1 atom stereocenters. The SMILES string of the molecule is CCC(CCN(C)C)C(=O)N1CCN(C(=O)c2ccc(NC(=O)c3ncc(-c4ccc(-c5cnn(CCOC)c5Cl)c(F)c4F)n3C)cc2Cl)CC1. The van der Waals surface area contributed by atoms with Crippen LogP contribution in [0.2, 0.25) is 10.2 Å². The molecule has 3 heterocycles. The third-order valence-electron chi connectivity index (χ3n) is 9.22. The van der Waals surface area contributed by atoms with Gasteiger partial charge in [0.2, 0.25) is 5.91 Å². The number of halogens is 4. The molecule has 12 nitrogen and oxygen atoms in total. The summed E-state index contributed by atoms with van der Waals surface area (Å²) in [7, 11) is 7.01. The van der Waals surface area contributed by atoms with E-state index < -0.39 is 17.5 Å². The van der Waals surface area contributed by atoms with Crippen molar-refractivity contribution in [3.63, 3.8) is 0 Å². The van der Waals surface area contributed by atoms with Crippen molar-refractivity contribution in [2.75, 3.05) is 65.9 Å². The number of nitrogens with zero attached hydrogens (tertiary/aromatic N) is 7. The number of anilines is 1. The molecule has 0 saturated carbocycles. The molecular formula is C36H42Cl2F2N8O4. The molecule has 3 amide bonds. The standard InChI is InChI=1S/C36H42Cl2F2N8O4/c1-6-22(11-12-44(2)3)35(50)46-13-15-47(16-14-46)36(51)25-8-7-23(19-28(25)37)43-34(49)33-41-21-29(45(33)4)26-10-9-24(30(39)31(26)40)27-20-42-48(32(27)38)17-18-52-5/h7-10,19-22H,6,11-18H2,1-5H3,(H,43,49). The largest absolute Gasteiger partial charge is 0.383 e. The Kier molecular flexibility index (Phi) is 12.7. The van der Waals surface area contributed by atoms with Crippen molar-refractivity contribution in [1.29, 1.82) is 0 Å². The lowest BCUT2D eigenvalue weighted by Gasteiger charge is -2.36. The second-order valence-corrected chi connectivity index (χ2v) is 13.6. The number of methoxy groups -OCH3 is 1. The van der Waals surface area contributed by atoms with Crippen LogP contribution in [0.15, 0.2) is 42.7 Å². The first-order valence-corrected chi connectivity index (χ1v) is 17.7. The normalized spacial score (nSPS) is 13.9. The minimum Gasteiger partial charge on any atom is -0.383 e. The smallest absolute Gasteiger partial charge is 0.291 e. The third kappa shape index (κ3) is 8.30. The molecule has 52 heavy (non-hydrogen) atoms. The maximum absolute atomic E-state index is 15.5. The van der Waals surface area contributed by atoms with Crippen molar-refractivity contribution < 1.29 is 27.9 Å². The molecule has 0 bridgehead atoms. The first-order valence-electron chi connectivity index (χ1n) is 16.9. The zero-order valence-corrected chi connectivity index (χ0v) is 31.3. The quantitative estimate of drug-likeness (QED) is 0.186. The summed E-state index contributed by atoms with van der Waals surface area (Å²) in [5.41, 5.74) is 0.781. The summed E-state index contributed by atoms with van der Waals surface area (Å²) in [5, 5.41) is 7.11. The maximum Gasteiger partial charge on any atom is 0.291 e. The highest BCUT2D eigenvalue weighted by Crippen LogP contribution is 2.35. The van der Waals surface area contributed by atoms with Gasteiger partial charge in [-0.05, 0) is 57.7 Å². The van der Waals surface area contributed by atoms with Crippen molar-refractivity contribution in [3.05, 3.63) is 75.9 Å². The predicted octanol–water partition coefficient (Wildman–Crippen LogP) is 5.70. The number of rotatable bonds is 13. The van der Waals surface area contributed by atoms with Gasteiger partial charge in [0, 0.05) is 68.6 Å². The fraction of sp³-hybridized carbons (Fsp3) is 0.417. The van der Waals surface area contributed by atoms with E-state index >= 15 is 8.78 Å². The van der Waals surface area contributed by atoms with E-state index in [0.29, 0.717) is 45.0 Å². The molecule has 2 aromatic carbocycles. The van der Waals surface area contributed by atoms with Gasteiger partial charge in [0.15, 0.2) is 17.5 Å². The number of nitrogens with one attached hydrogen (secondary N) is 1. The highest BCUT2D eigenvalue weighted by Gasteiger charge is 2.30. The molecule has 2 aromatic heterocycles. The number of ether oxygens (including phenoxy) is 1. The topological polar surface area (TPSA) is 118 Å². The molecule has 0 spiro atoms. The lowest BCUT2D eigenvalue weighted by atomic mass is 10.00. The number of carbonyl (C=O) groups excluding carboxylic acids is 3. The molecule has 1 aliphatic heterocycles. The number of imidazole rings is 1. The van der Waals surface area contributed by atoms with E-state index in [1.807, 2.05) is 25.9 Å². The Balaban J connectivity index is 1.23. The van der Waals surface area contributed by atoms with Crippen LogP contribution in [0.25, 0.3) is 22.4 Å². The minimum absolute atomic E-state index is 0.0518. The van der Waals surface area contributed by atoms with Crippen molar-refractivity contribution in [2.45, 2.75) is 26.3 Å². The molecule has 1 aliphatic rings. The van der Waals surface area contributed by atoms with Crippen molar-refractivity contribution >= 4 is 46.6 Å². The molecule has 4 aromatic rings. The summed E-state index contributed by atoms with van der Waals surface area (Å²) >= 11 is 12.9. The number of hydrogen-bond acceptors (Lipinski definition) is 7. The van der Waals surface area contributed by atoms with Gasteiger partial charge in [-0.3, -0.25) is 19.1 Å². The molecule has 5 rings (SSSR count). The van der Waals surface area contributed by atoms with Crippen molar-refractivity contribution in [1.82, 2.24) is 34.0 Å². The Hall–Kier alpha value is -4.37. The molecule has 16 heteroatoms. The van der Waals surface area contributed by atoms with E-state index in [-0.39, 0.29) is 61.7 Å². The summed E-state index contributed by atoms with van der Waals surface area (Å²) in [6, 6.07) is 7.32. The van der Waals surface area contributed by atoms with E-state index in [1.54, 1.807) is 11.0 Å². The maximum atomic E-state index is 15.5. The molecular weight excluding hydrogens is 717 g/mol. The van der Waals surface area contributed by atoms with E-state index in [1.165, 1.54) is 60.1 Å². The second kappa shape index (κ2) is 17.0. The molecule has 1 fully saturated rings. The predicted molar refractivity (Wildman–Crippen MR) is 196 cm³/mol. The van der Waals surface area contributed by atoms with Gasteiger partial charge in [0.05, 0.1) is 41.8 Å². The van der Waals surface area contributed by atoms with Crippen LogP contribution in [0.4, 0.5) is 14.5 Å². The highest BCUT2D eigenvalue weighted by molar-refractivity contribution is 6.34. The van der Waals surface area contributed by atoms with Crippen LogP contribution in [0.5, 0.6) is 0 Å². The third-order valence-corrected chi connectivity index (χ3v) is 9.94. The zero-order valence-electron chi connectivity index (χ0n) is 29.8. The number of piperazine rings is 1. The van der Waals surface area contributed by atoms with Gasteiger partial charge in [-0.25, -0.2) is 13.8 Å². The minimum atomic E-state index is -1.14. The van der Waals surface area contributed by atoms with E-state index in [4.69, 9.17) is 27.9 Å². The monoisotopic (exact) mass is 758 g/mol. The molecule has 0 aliphatic carbocycles. The van der Waals surface area contributed by atoms with Gasteiger partial charge in [0.25, 0.3) is 11.8 Å². The van der Waals surface area contributed by atoms with Crippen LogP contribution >= 0.6 is 23.2 Å². The lowest BCUT2D eigenvalue weighted by Crippen LogP contribution is -2.52. The summed E-state index contributed by atoms with van der Waals surface area (Å²) in [5.74, 6) is -3.18. The Morgan fingerprint density at radius 3 is 2.31 bits per heavy atom. The van der Waals surface area contributed by atoms with Crippen LogP contribution in [0.3, 0.4) is 0 Å². The average molecular weight is 760 g/mol. The average Bonchev–Trinajstić information content (AvgIpc) is 3.69. The Morgan fingerprint density at radius 1 is 0.981 bits per heavy atom. The fourth-order valence-corrected chi connectivity index (χ4v) is 6.68. The van der Waals surface area contributed by atoms with Crippen LogP contribution in [0, 0.1) is 17.6 Å². The summed E-state index contributed by atoms with van der Waals surface area (Å²) in [6.07, 6.45) is 4.18. The second-order valence-electron chi connectivity index (χ2n) is 12.8. The first kappa shape index (κ1) is 38.9. The van der Waals surface area contributed by atoms with E-state index in [9.17, 15) is 14.4 Å². The number of carbonyl (C=O) groups is 3. The lowest BCUT2D eigenvalue weighted by molar-refractivity contribution is -0.137.